The van der Waals surface area contributed by atoms with Crippen molar-refractivity contribution in [1.29, 1.82) is 0 Å². The Labute approximate surface area is 206 Å². The predicted octanol–water partition coefficient (Wildman–Crippen LogP) is 4.42. The summed E-state index contributed by atoms with van der Waals surface area (Å²) in [5, 5.41) is 2.86. The molecule has 2 N–H and O–H groups in total. The van der Waals surface area contributed by atoms with Gasteiger partial charge in [-0.2, -0.15) is 0 Å². The molecule has 1 aromatic carbocycles. The minimum absolute atomic E-state index is 0.0106. The van der Waals surface area contributed by atoms with E-state index in [9.17, 15) is 18.0 Å². The van der Waals surface area contributed by atoms with E-state index in [0.29, 0.717) is 0 Å². The highest BCUT2D eigenvalue weighted by Crippen LogP contribution is 2.40. The topological polar surface area (TPSA) is 102 Å². The van der Waals surface area contributed by atoms with Crippen molar-refractivity contribution >= 4 is 30.0 Å². The zero-order valence-electron chi connectivity index (χ0n) is 22.5. The highest BCUT2D eigenvalue weighted by atomic mass is 32.2. The predicted molar refractivity (Wildman–Crippen MR) is 138 cm³/mol. The number of ketones is 1. The molecule has 1 fully saturated rings. The molecule has 0 unspecified atom stereocenters. The number of hydrogen-bond acceptors (Lipinski definition) is 5. The van der Waals surface area contributed by atoms with Gasteiger partial charge in [0.15, 0.2) is 14.1 Å². The van der Waals surface area contributed by atoms with E-state index >= 15 is 0 Å². The highest BCUT2D eigenvalue weighted by Gasteiger charge is 2.50. The average Bonchev–Trinajstić information content (AvgIpc) is 2.61. The van der Waals surface area contributed by atoms with E-state index in [1.54, 1.807) is 39.8 Å². The Morgan fingerprint density at radius 2 is 1.68 bits per heavy atom. The summed E-state index contributed by atoms with van der Waals surface area (Å²) in [5.74, 6) is -1.53. The molecule has 34 heavy (non-hydrogen) atoms. The van der Waals surface area contributed by atoms with Crippen molar-refractivity contribution in [3.05, 3.63) is 29.3 Å². The molecule has 1 aliphatic heterocycles. The molecule has 0 aromatic heterocycles. The molecule has 0 radical (unpaired) electrons. The average molecular weight is 511 g/mol. The van der Waals surface area contributed by atoms with Crippen molar-refractivity contribution < 1.29 is 22.4 Å². The molecule has 0 saturated carbocycles. The number of hydrogen-bond donors (Lipinski definition) is 2. The Morgan fingerprint density at radius 3 is 2.15 bits per heavy atom. The number of carbonyl (C=O) groups is 2. The highest BCUT2D eigenvalue weighted by molar-refractivity contribution is 7.89. The lowest BCUT2D eigenvalue weighted by atomic mass is 9.76. The van der Waals surface area contributed by atoms with Gasteiger partial charge in [-0.15, -0.1) is 0 Å². The quantitative estimate of drug-likeness (QED) is 0.306. The molecule has 0 aliphatic carbocycles. The number of rotatable bonds is 8. The van der Waals surface area contributed by atoms with E-state index in [1.165, 1.54) is 6.07 Å². The maximum Gasteiger partial charge on any atom is 0.241 e. The number of benzene rings is 1. The fourth-order valence-corrected chi connectivity index (χ4v) is 7.05. The van der Waals surface area contributed by atoms with Gasteiger partial charge in [-0.25, -0.2) is 13.1 Å². The van der Waals surface area contributed by atoms with Crippen LogP contribution >= 0.6 is 0 Å². The van der Waals surface area contributed by atoms with Crippen LogP contribution in [0.25, 0.3) is 0 Å². The third-order valence-corrected chi connectivity index (χ3v) is 13.3. The van der Waals surface area contributed by atoms with Crippen LogP contribution in [-0.4, -0.2) is 46.1 Å². The molecular weight excluding hydrogens is 468 g/mol. The Kier molecular flexibility index (Phi) is 8.00. The first kappa shape index (κ1) is 28.7. The van der Waals surface area contributed by atoms with Gasteiger partial charge in [0, 0.05) is 17.0 Å². The van der Waals surface area contributed by atoms with Crippen LogP contribution in [0.5, 0.6) is 0 Å². The molecule has 0 bridgehead atoms. The van der Waals surface area contributed by atoms with Gasteiger partial charge >= 0.3 is 0 Å². The zero-order chi connectivity index (χ0) is 26.4. The van der Waals surface area contributed by atoms with Crippen LogP contribution in [0.1, 0.15) is 71.3 Å². The number of nitrogens with one attached hydrogen (secondary N) is 2. The summed E-state index contributed by atoms with van der Waals surface area (Å²) >= 11 is 0. The summed E-state index contributed by atoms with van der Waals surface area (Å²) in [7, 11) is -6.03. The second kappa shape index (κ2) is 9.48. The lowest BCUT2D eigenvalue weighted by Gasteiger charge is -2.47. The maximum absolute atomic E-state index is 13.6. The molecule has 0 spiro atoms. The number of Topliss-reactive ketones (excluding diaryl/α,β-unsaturated/α-hetero) is 1. The van der Waals surface area contributed by atoms with Crippen molar-refractivity contribution in [1.82, 2.24) is 10.0 Å². The molecule has 9 heteroatoms. The second-order valence-corrected chi connectivity index (χ2v) is 18.6. The van der Waals surface area contributed by atoms with E-state index in [-0.39, 0.29) is 33.3 Å². The van der Waals surface area contributed by atoms with Gasteiger partial charge in [-0.1, -0.05) is 39.3 Å². The van der Waals surface area contributed by atoms with E-state index in [0.717, 1.165) is 5.56 Å². The molecule has 1 amide bonds. The number of β-lactam (4-membered cyclic amide) rings is 1. The van der Waals surface area contributed by atoms with Gasteiger partial charge in [0.25, 0.3) is 0 Å². The van der Waals surface area contributed by atoms with Gasteiger partial charge < -0.3 is 9.74 Å². The number of sulfonamides is 1. The smallest absolute Gasteiger partial charge is 0.241 e. The normalized spacial score (nSPS) is 21.4. The Morgan fingerprint density at radius 1 is 1.12 bits per heavy atom. The van der Waals surface area contributed by atoms with Crippen molar-refractivity contribution in [3.63, 3.8) is 0 Å². The van der Waals surface area contributed by atoms with Gasteiger partial charge in [0.05, 0.1) is 23.0 Å². The fraction of sp³-hybridized carbons (Fsp3) is 0.680. The Bertz CT molecular complexity index is 1050. The summed E-state index contributed by atoms with van der Waals surface area (Å²) in [6.07, 6.45) is -0.349. The van der Waals surface area contributed by atoms with Gasteiger partial charge in [0.1, 0.15) is 0 Å². The SMILES string of the molecule is Cc1ccc(S(=O)(=O)NC(C)(C)C)c(C(=O)[C@H](C)[C@H]2NC(=O)[C@@H]2[C@@H](C)O[Si](C)(C)C(C)(C)C)c1. The first-order valence-corrected chi connectivity index (χ1v) is 16.2. The van der Waals surface area contributed by atoms with Crippen molar-refractivity contribution in [3.8, 4) is 0 Å². The van der Waals surface area contributed by atoms with Crippen molar-refractivity contribution in [2.75, 3.05) is 0 Å². The van der Waals surface area contributed by atoms with Crippen molar-refractivity contribution in [2.45, 2.75) is 103 Å². The van der Waals surface area contributed by atoms with Crippen LogP contribution in [0.3, 0.4) is 0 Å². The maximum atomic E-state index is 13.6. The fourth-order valence-electron chi connectivity index (χ4n) is 4.01. The van der Waals surface area contributed by atoms with E-state index in [4.69, 9.17) is 4.43 Å². The van der Waals surface area contributed by atoms with Crippen LogP contribution in [0, 0.1) is 18.8 Å². The number of amides is 1. The monoisotopic (exact) mass is 510 g/mol. The van der Waals surface area contributed by atoms with Crippen LogP contribution in [0.15, 0.2) is 23.1 Å². The standard InChI is InChI=1S/C25H42N2O5SSi/c1-15-12-13-19(33(30,31)27-24(4,5)6)18(14-15)22(28)16(2)21-20(23(29)26-21)17(3)32-34(10,11)25(7,8)9/h12-14,16-17,20-21,27H,1-11H3,(H,26,29)/t16-,17-,20-,21-/m1/s1. The summed E-state index contributed by atoms with van der Waals surface area (Å²) in [6.45, 7) is 21.4. The lowest BCUT2D eigenvalue weighted by Crippen LogP contribution is -2.66. The minimum atomic E-state index is -3.92. The molecule has 1 aromatic rings. The van der Waals surface area contributed by atoms with Crippen LogP contribution in [0.4, 0.5) is 0 Å². The zero-order valence-corrected chi connectivity index (χ0v) is 24.3. The minimum Gasteiger partial charge on any atom is -0.413 e. The lowest BCUT2D eigenvalue weighted by molar-refractivity contribution is -0.141. The molecule has 192 valence electrons. The molecule has 4 atom stereocenters. The van der Waals surface area contributed by atoms with E-state index < -0.39 is 41.8 Å². The molecule has 1 aliphatic rings. The molecule has 1 heterocycles. The molecule has 7 nitrogen and oxygen atoms in total. The molecular formula is C25H42N2O5SSi. The van der Waals surface area contributed by atoms with E-state index in [1.807, 2.05) is 13.8 Å². The first-order valence-electron chi connectivity index (χ1n) is 11.8. The molecule has 1 saturated heterocycles. The van der Waals surface area contributed by atoms with Gasteiger partial charge in [0.2, 0.25) is 15.9 Å². The third-order valence-electron chi connectivity index (χ3n) is 6.87. The molecule has 2 rings (SSSR count). The Balaban J connectivity index is 2.35. The van der Waals surface area contributed by atoms with Gasteiger partial charge in [-0.3, -0.25) is 9.59 Å². The third kappa shape index (κ3) is 6.16. The summed E-state index contributed by atoms with van der Waals surface area (Å²) < 4.78 is 35.3. The number of aryl methyl sites for hydroxylation is 1. The summed E-state index contributed by atoms with van der Waals surface area (Å²) in [5.41, 5.74) is 0.232. The van der Waals surface area contributed by atoms with Gasteiger partial charge in [-0.05, 0) is 64.9 Å². The number of carbonyl (C=O) groups excluding carboxylic acids is 2. The van der Waals surface area contributed by atoms with Crippen LogP contribution in [-0.2, 0) is 19.2 Å². The van der Waals surface area contributed by atoms with Crippen LogP contribution < -0.4 is 10.0 Å². The van der Waals surface area contributed by atoms with Crippen molar-refractivity contribution in [2.24, 2.45) is 11.8 Å². The second-order valence-electron chi connectivity index (χ2n) is 12.2. The largest absolute Gasteiger partial charge is 0.413 e. The summed E-state index contributed by atoms with van der Waals surface area (Å²) in [6, 6.07) is 4.35. The van der Waals surface area contributed by atoms with Crippen LogP contribution in [0.2, 0.25) is 18.1 Å². The first-order chi connectivity index (χ1) is 15.2. The summed E-state index contributed by atoms with van der Waals surface area (Å²) in [4.78, 5) is 26.1. The van der Waals surface area contributed by atoms with E-state index in [2.05, 4.69) is 43.9 Å². The Hall–Kier alpha value is -1.55.